The van der Waals surface area contributed by atoms with Gasteiger partial charge in [0.2, 0.25) is 0 Å². The summed E-state index contributed by atoms with van der Waals surface area (Å²) in [5.74, 6) is 0.0376. The Morgan fingerprint density at radius 1 is 0.765 bits per heavy atom. The smallest absolute Gasteiger partial charge is 0.308 e. The molecule has 0 saturated carbocycles. The Bertz CT molecular complexity index is 1170. The van der Waals surface area contributed by atoms with Crippen molar-refractivity contribution in [2.45, 2.75) is 39.7 Å². The Kier molecular flexibility index (Phi) is 8.03. The van der Waals surface area contributed by atoms with Gasteiger partial charge in [0.25, 0.3) is 11.8 Å². The molecule has 3 rings (SSSR count). The molecule has 0 aliphatic heterocycles. The number of anilines is 2. The van der Waals surface area contributed by atoms with Crippen LogP contribution in [0.15, 0.2) is 72.8 Å². The molecule has 0 spiro atoms. The molecule has 0 radical (unpaired) electrons. The van der Waals surface area contributed by atoms with Crippen molar-refractivity contribution in [1.29, 1.82) is 0 Å². The van der Waals surface area contributed by atoms with Crippen LogP contribution in [0.5, 0.6) is 11.5 Å². The Morgan fingerprint density at radius 3 is 2.03 bits per heavy atom. The number of esters is 1. The lowest BCUT2D eigenvalue weighted by atomic mass is 10.0. The van der Waals surface area contributed by atoms with E-state index in [1.165, 1.54) is 18.6 Å². The second-order valence-electron chi connectivity index (χ2n) is 8.09. The Hall–Kier alpha value is -4.13. The largest absolute Gasteiger partial charge is 0.481 e. The maximum Gasteiger partial charge on any atom is 0.308 e. The minimum absolute atomic E-state index is 0.272. The fraction of sp³-hybridized carbons (Fsp3) is 0.222. The monoisotopic (exact) mass is 460 g/mol. The number of benzene rings is 3. The molecule has 0 aliphatic rings. The molecule has 0 bridgehead atoms. The molecule has 0 heterocycles. The van der Waals surface area contributed by atoms with Gasteiger partial charge in [-0.25, -0.2) is 0 Å². The van der Waals surface area contributed by atoms with Gasteiger partial charge in [-0.2, -0.15) is 0 Å². The summed E-state index contributed by atoms with van der Waals surface area (Å²) in [4.78, 5) is 36.7. The van der Waals surface area contributed by atoms with Crippen molar-refractivity contribution < 1.29 is 23.9 Å². The minimum Gasteiger partial charge on any atom is -0.481 e. The first kappa shape index (κ1) is 24.5. The number of nitrogens with one attached hydrogen (secondary N) is 2. The van der Waals surface area contributed by atoms with Crippen LogP contribution >= 0.6 is 0 Å². The van der Waals surface area contributed by atoms with Crippen LogP contribution in [0, 0.1) is 0 Å². The topological polar surface area (TPSA) is 93.7 Å². The van der Waals surface area contributed by atoms with Crippen LogP contribution in [-0.4, -0.2) is 23.9 Å². The second kappa shape index (κ2) is 11.1. The van der Waals surface area contributed by atoms with E-state index >= 15 is 0 Å². The summed E-state index contributed by atoms with van der Waals surface area (Å²) < 4.78 is 10.8. The van der Waals surface area contributed by atoms with Gasteiger partial charge >= 0.3 is 5.97 Å². The zero-order valence-electron chi connectivity index (χ0n) is 19.6. The molecule has 0 fully saturated rings. The fourth-order valence-electron chi connectivity index (χ4n) is 3.19. The second-order valence-corrected chi connectivity index (χ2v) is 8.09. The molecule has 0 aliphatic carbocycles. The number of ether oxygens (including phenoxy) is 2. The third-order valence-electron chi connectivity index (χ3n) is 5.02. The highest BCUT2D eigenvalue weighted by atomic mass is 16.5. The van der Waals surface area contributed by atoms with Gasteiger partial charge in [-0.15, -0.1) is 0 Å². The molecule has 1 atom stereocenters. The third kappa shape index (κ3) is 6.68. The molecule has 1 unspecified atom stereocenters. The van der Waals surface area contributed by atoms with E-state index in [0.717, 1.165) is 0 Å². The molecule has 0 aromatic heterocycles. The van der Waals surface area contributed by atoms with Crippen molar-refractivity contribution in [1.82, 2.24) is 0 Å². The first-order chi connectivity index (χ1) is 16.2. The quantitative estimate of drug-likeness (QED) is 0.347. The molecule has 2 N–H and O–H groups in total. The molecule has 7 heteroatoms. The molecule has 3 aromatic carbocycles. The summed E-state index contributed by atoms with van der Waals surface area (Å²) in [7, 11) is 0. The van der Waals surface area contributed by atoms with E-state index in [2.05, 4.69) is 24.5 Å². The van der Waals surface area contributed by atoms with E-state index in [-0.39, 0.29) is 11.7 Å². The maximum atomic E-state index is 12.8. The number of hydrogen-bond acceptors (Lipinski definition) is 5. The van der Waals surface area contributed by atoms with Crippen molar-refractivity contribution >= 4 is 29.2 Å². The average Bonchev–Trinajstić information content (AvgIpc) is 2.80. The Labute approximate surface area is 199 Å². The molecule has 34 heavy (non-hydrogen) atoms. The molecule has 0 saturated heterocycles. The molecular formula is C27H28N2O5. The van der Waals surface area contributed by atoms with E-state index in [9.17, 15) is 14.4 Å². The van der Waals surface area contributed by atoms with Crippen LogP contribution in [0.3, 0.4) is 0 Å². The molecule has 3 aromatic rings. The SMILES string of the molecule is CC(=O)Oc1cccc(C(=O)Nc2ccccc2NC(=O)C(C)Oc2ccc(C(C)C)cc2)c1. The van der Waals surface area contributed by atoms with E-state index in [1.807, 2.05) is 24.3 Å². The minimum atomic E-state index is -0.755. The van der Waals surface area contributed by atoms with Gasteiger partial charge < -0.3 is 20.1 Å². The molecule has 2 amide bonds. The standard InChI is InChI=1S/C27H28N2O5/c1-17(2)20-12-14-22(15-13-20)33-18(3)26(31)28-24-10-5-6-11-25(24)29-27(32)21-8-7-9-23(16-21)34-19(4)30/h5-18H,1-4H3,(H,28,31)(H,29,32). The zero-order chi connectivity index (χ0) is 24.7. The zero-order valence-corrected chi connectivity index (χ0v) is 19.6. The summed E-state index contributed by atoms with van der Waals surface area (Å²) in [6.45, 7) is 7.17. The predicted octanol–water partition coefficient (Wildman–Crippen LogP) is 5.39. The van der Waals surface area contributed by atoms with Crippen molar-refractivity contribution in [3.8, 4) is 11.5 Å². The van der Waals surface area contributed by atoms with Crippen molar-refractivity contribution in [3.63, 3.8) is 0 Å². The van der Waals surface area contributed by atoms with Crippen LogP contribution in [0.25, 0.3) is 0 Å². The lowest BCUT2D eigenvalue weighted by Crippen LogP contribution is -2.30. The van der Waals surface area contributed by atoms with Gasteiger partial charge in [0.1, 0.15) is 11.5 Å². The number of para-hydroxylation sites is 2. The van der Waals surface area contributed by atoms with E-state index < -0.39 is 18.0 Å². The van der Waals surface area contributed by atoms with Gasteiger partial charge in [0.05, 0.1) is 11.4 Å². The van der Waals surface area contributed by atoms with Crippen LogP contribution in [-0.2, 0) is 9.59 Å². The van der Waals surface area contributed by atoms with Crippen molar-refractivity contribution in [2.24, 2.45) is 0 Å². The van der Waals surface area contributed by atoms with Crippen LogP contribution in [0.1, 0.15) is 49.5 Å². The van der Waals surface area contributed by atoms with Gasteiger partial charge in [-0.1, -0.05) is 44.2 Å². The first-order valence-corrected chi connectivity index (χ1v) is 11.0. The number of amides is 2. The highest BCUT2D eigenvalue weighted by molar-refractivity contribution is 6.07. The van der Waals surface area contributed by atoms with Crippen molar-refractivity contribution in [3.05, 3.63) is 83.9 Å². The Balaban J connectivity index is 1.67. The Morgan fingerprint density at radius 2 is 1.41 bits per heavy atom. The number of carbonyl (C=O) groups is 3. The number of hydrogen-bond donors (Lipinski definition) is 2. The summed E-state index contributed by atoms with van der Waals surface area (Å²) in [5, 5.41) is 5.59. The van der Waals surface area contributed by atoms with E-state index in [0.29, 0.717) is 28.6 Å². The highest BCUT2D eigenvalue weighted by Crippen LogP contribution is 2.24. The number of rotatable bonds is 8. The van der Waals surface area contributed by atoms with Crippen LogP contribution in [0.2, 0.25) is 0 Å². The van der Waals surface area contributed by atoms with Gasteiger partial charge in [-0.3, -0.25) is 14.4 Å². The summed E-state index contributed by atoms with van der Waals surface area (Å²) in [6, 6.07) is 20.8. The fourth-order valence-corrected chi connectivity index (χ4v) is 3.19. The number of carbonyl (C=O) groups excluding carboxylic acids is 3. The summed E-state index contributed by atoms with van der Waals surface area (Å²) in [6.07, 6.45) is -0.755. The van der Waals surface area contributed by atoms with Crippen LogP contribution in [0.4, 0.5) is 11.4 Å². The predicted molar refractivity (Wildman–Crippen MR) is 131 cm³/mol. The van der Waals surface area contributed by atoms with Crippen molar-refractivity contribution in [2.75, 3.05) is 10.6 Å². The normalized spacial score (nSPS) is 11.4. The van der Waals surface area contributed by atoms with Gasteiger partial charge in [-0.05, 0) is 60.9 Å². The average molecular weight is 461 g/mol. The first-order valence-electron chi connectivity index (χ1n) is 11.0. The lowest BCUT2D eigenvalue weighted by Gasteiger charge is -2.17. The summed E-state index contributed by atoms with van der Waals surface area (Å²) >= 11 is 0. The van der Waals surface area contributed by atoms with Crippen LogP contribution < -0.4 is 20.1 Å². The maximum absolute atomic E-state index is 12.8. The molecular weight excluding hydrogens is 432 g/mol. The van der Waals surface area contributed by atoms with Gasteiger partial charge in [0, 0.05) is 12.5 Å². The van der Waals surface area contributed by atoms with E-state index in [1.54, 1.807) is 49.4 Å². The molecule has 176 valence electrons. The lowest BCUT2D eigenvalue weighted by molar-refractivity contribution is -0.131. The van der Waals surface area contributed by atoms with E-state index in [4.69, 9.17) is 9.47 Å². The third-order valence-corrected chi connectivity index (χ3v) is 5.02. The summed E-state index contributed by atoms with van der Waals surface area (Å²) in [5.41, 5.74) is 2.35. The molecule has 7 nitrogen and oxygen atoms in total. The van der Waals surface area contributed by atoms with Gasteiger partial charge in [0.15, 0.2) is 6.10 Å². The highest BCUT2D eigenvalue weighted by Gasteiger charge is 2.18.